The first-order chi connectivity index (χ1) is 7.29. The predicted octanol–water partition coefficient (Wildman–Crippen LogP) is 1.99. The Bertz CT molecular complexity index is 345. The van der Waals surface area contributed by atoms with Gasteiger partial charge in [-0.25, -0.2) is 4.79 Å². The van der Waals surface area contributed by atoms with Crippen LogP contribution in [0.4, 0.5) is 4.79 Å². The summed E-state index contributed by atoms with van der Waals surface area (Å²) in [6.07, 6.45) is 2.29. The Morgan fingerprint density at radius 2 is 2.07 bits per heavy atom. The minimum Gasteiger partial charge on any atom is -0.336 e. The fraction of sp³-hybridized carbons (Fsp3) is 0.417. The van der Waals surface area contributed by atoms with Crippen LogP contribution in [0.1, 0.15) is 30.5 Å². The molecule has 1 atom stereocenters. The molecule has 1 aliphatic heterocycles. The van der Waals surface area contributed by atoms with Crippen LogP contribution in [0.2, 0.25) is 0 Å². The summed E-state index contributed by atoms with van der Waals surface area (Å²) in [4.78, 5) is 11.0. The van der Waals surface area contributed by atoms with Crippen LogP contribution in [0.5, 0.6) is 0 Å². The van der Waals surface area contributed by atoms with E-state index in [0.717, 1.165) is 6.42 Å². The molecule has 1 aliphatic rings. The van der Waals surface area contributed by atoms with E-state index in [4.69, 9.17) is 0 Å². The van der Waals surface area contributed by atoms with E-state index in [1.807, 2.05) is 0 Å². The van der Waals surface area contributed by atoms with Crippen molar-refractivity contribution in [3.8, 4) is 0 Å². The van der Waals surface area contributed by atoms with Crippen LogP contribution in [-0.2, 0) is 6.42 Å². The zero-order valence-electron chi connectivity index (χ0n) is 8.92. The van der Waals surface area contributed by atoms with Crippen LogP contribution in [0.15, 0.2) is 24.3 Å². The molecule has 0 bridgehead atoms. The molecule has 1 aromatic carbocycles. The number of hydrogen-bond donors (Lipinski definition) is 2. The van der Waals surface area contributed by atoms with E-state index in [2.05, 4.69) is 41.8 Å². The van der Waals surface area contributed by atoms with Gasteiger partial charge in [-0.1, -0.05) is 37.6 Å². The summed E-state index contributed by atoms with van der Waals surface area (Å²) in [5.41, 5.74) is 2.53. The van der Waals surface area contributed by atoms with Gasteiger partial charge in [-0.3, -0.25) is 0 Å². The predicted molar refractivity (Wildman–Crippen MR) is 59.7 cm³/mol. The van der Waals surface area contributed by atoms with E-state index in [1.54, 1.807) is 0 Å². The number of urea groups is 1. The highest BCUT2D eigenvalue weighted by Gasteiger charge is 2.20. The van der Waals surface area contributed by atoms with Gasteiger partial charge in [0.1, 0.15) is 0 Å². The van der Waals surface area contributed by atoms with Gasteiger partial charge in [0.05, 0.1) is 6.04 Å². The van der Waals surface area contributed by atoms with Crippen LogP contribution in [-0.4, -0.2) is 12.6 Å². The Hall–Kier alpha value is -1.51. The van der Waals surface area contributed by atoms with E-state index < -0.39 is 0 Å². The first-order valence-corrected chi connectivity index (χ1v) is 5.43. The lowest BCUT2D eigenvalue weighted by atomic mass is 10.0. The Morgan fingerprint density at radius 1 is 1.33 bits per heavy atom. The summed E-state index contributed by atoms with van der Waals surface area (Å²) < 4.78 is 0. The quantitative estimate of drug-likeness (QED) is 0.776. The number of carbonyl (C=O) groups excluding carboxylic acids is 1. The van der Waals surface area contributed by atoms with E-state index in [-0.39, 0.29) is 12.1 Å². The minimum absolute atomic E-state index is 0.0716. The van der Waals surface area contributed by atoms with Gasteiger partial charge in [-0.15, -0.1) is 0 Å². The van der Waals surface area contributed by atoms with E-state index in [9.17, 15) is 4.79 Å². The third-order valence-electron chi connectivity index (χ3n) is 2.69. The fourth-order valence-electron chi connectivity index (χ4n) is 1.86. The van der Waals surface area contributed by atoms with Crippen molar-refractivity contribution >= 4 is 6.03 Å². The van der Waals surface area contributed by atoms with Crippen molar-refractivity contribution in [2.24, 2.45) is 0 Å². The van der Waals surface area contributed by atoms with Crippen LogP contribution in [0.25, 0.3) is 0 Å². The average molecular weight is 204 g/mol. The first kappa shape index (κ1) is 10.0. The molecule has 0 aliphatic carbocycles. The summed E-state index contributed by atoms with van der Waals surface area (Å²) in [6.45, 7) is 2.86. The molecular formula is C12H16N2O. The van der Waals surface area contributed by atoms with Gasteiger partial charge in [0, 0.05) is 6.54 Å². The second-order valence-corrected chi connectivity index (χ2v) is 3.90. The van der Waals surface area contributed by atoms with Gasteiger partial charge >= 0.3 is 6.03 Å². The second kappa shape index (κ2) is 4.34. The number of hydrogen-bond acceptors (Lipinski definition) is 1. The molecule has 2 rings (SSSR count). The van der Waals surface area contributed by atoms with Crippen LogP contribution in [0, 0.1) is 0 Å². The number of rotatable bonds is 3. The molecule has 80 valence electrons. The van der Waals surface area contributed by atoms with Crippen LogP contribution < -0.4 is 10.6 Å². The summed E-state index contributed by atoms with van der Waals surface area (Å²) in [7, 11) is 0. The Balaban J connectivity index is 2.06. The zero-order valence-corrected chi connectivity index (χ0v) is 8.92. The lowest BCUT2D eigenvalue weighted by molar-refractivity contribution is 0.247. The maximum Gasteiger partial charge on any atom is 0.315 e. The van der Waals surface area contributed by atoms with Crippen molar-refractivity contribution in [3.05, 3.63) is 35.4 Å². The topological polar surface area (TPSA) is 41.1 Å². The largest absolute Gasteiger partial charge is 0.336 e. The standard InChI is InChI=1S/C12H16N2O/c1-2-3-9-4-6-10(7-5-9)11-8-13-12(15)14-11/h4-7,11H,2-3,8H2,1H3,(H2,13,14,15). The minimum atomic E-state index is -0.0716. The zero-order chi connectivity index (χ0) is 10.7. The van der Waals surface area contributed by atoms with E-state index >= 15 is 0 Å². The molecule has 1 unspecified atom stereocenters. The molecule has 1 aromatic rings. The fourth-order valence-corrected chi connectivity index (χ4v) is 1.86. The number of nitrogens with one attached hydrogen (secondary N) is 2. The molecule has 2 N–H and O–H groups in total. The Morgan fingerprint density at radius 3 is 2.60 bits per heavy atom. The second-order valence-electron chi connectivity index (χ2n) is 3.90. The highest BCUT2D eigenvalue weighted by atomic mass is 16.2. The normalized spacial score (nSPS) is 19.8. The molecule has 0 spiro atoms. The third-order valence-corrected chi connectivity index (χ3v) is 2.69. The molecule has 15 heavy (non-hydrogen) atoms. The molecule has 3 nitrogen and oxygen atoms in total. The van der Waals surface area contributed by atoms with Crippen molar-refractivity contribution in [3.63, 3.8) is 0 Å². The van der Waals surface area contributed by atoms with Gasteiger partial charge in [-0.05, 0) is 17.5 Å². The molecule has 0 radical (unpaired) electrons. The van der Waals surface area contributed by atoms with Crippen molar-refractivity contribution in [2.75, 3.05) is 6.54 Å². The van der Waals surface area contributed by atoms with Gasteiger partial charge in [-0.2, -0.15) is 0 Å². The maximum atomic E-state index is 11.0. The lowest BCUT2D eigenvalue weighted by Gasteiger charge is -2.09. The number of benzene rings is 1. The Labute approximate surface area is 89.9 Å². The monoisotopic (exact) mass is 204 g/mol. The SMILES string of the molecule is CCCc1ccc(C2CNC(=O)N2)cc1. The van der Waals surface area contributed by atoms with Gasteiger partial charge < -0.3 is 10.6 Å². The highest BCUT2D eigenvalue weighted by molar-refractivity contribution is 5.76. The summed E-state index contributed by atoms with van der Waals surface area (Å²) in [5, 5.41) is 5.63. The molecular weight excluding hydrogens is 188 g/mol. The maximum absolute atomic E-state index is 11.0. The van der Waals surface area contributed by atoms with Crippen molar-refractivity contribution in [1.82, 2.24) is 10.6 Å². The number of carbonyl (C=O) groups is 1. The van der Waals surface area contributed by atoms with Crippen molar-refractivity contribution in [2.45, 2.75) is 25.8 Å². The summed E-state index contributed by atoms with van der Waals surface area (Å²) >= 11 is 0. The smallest absolute Gasteiger partial charge is 0.315 e. The molecule has 0 saturated carbocycles. The number of aryl methyl sites for hydroxylation is 1. The summed E-state index contributed by atoms with van der Waals surface area (Å²) in [6, 6.07) is 8.55. The molecule has 0 aromatic heterocycles. The van der Waals surface area contributed by atoms with Crippen molar-refractivity contribution < 1.29 is 4.79 Å². The molecule has 1 saturated heterocycles. The van der Waals surface area contributed by atoms with Crippen LogP contribution >= 0.6 is 0 Å². The molecule has 2 amide bonds. The third kappa shape index (κ3) is 2.29. The average Bonchev–Trinajstić information content (AvgIpc) is 2.67. The highest BCUT2D eigenvalue weighted by Crippen LogP contribution is 2.16. The van der Waals surface area contributed by atoms with Crippen molar-refractivity contribution in [1.29, 1.82) is 0 Å². The lowest BCUT2D eigenvalue weighted by Crippen LogP contribution is -2.21. The van der Waals surface area contributed by atoms with Gasteiger partial charge in [0.15, 0.2) is 0 Å². The first-order valence-electron chi connectivity index (χ1n) is 5.43. The van der Waals surface area contributed by atoms with Crippen LogP contribution in [0.3, 0.4) is 0 Å². The molecule has 1 heterocycles. The number of amides is 2. The molecule has 1 fully saturated rings. The van der Waals surface area contributed by atoms with Gasteiger partial charge in [0.25, 0.3) is 0 Å². The van der Waals surface area contributed by atoms with E-state index in [1.165, 1.54) is 17.5 Å². The van der Waals surface area contributed by atoms with E-state index in [0.29, 0.717) is 6.54 Å². The molecule has 3 heteroatoms. The Kier molecular flexibility index (Phi) is 2.90. The summed E-state index contributed by atoms with van der Waals surface area (Å²) in [5.74, 6) is 0. The van der Waals surface area contributed by atoms with Gasteiger partial charge in [0.2, 0.25) is 0 Å².